The van der Waals surface area contributed by atoms with Gasteiger partial charge in [0.05, 0.1) is 24.9 Å². The molecule has 2 atom stereocenters. The number of nitrogens with one attached hydrogen (secondary N) is 2. The van der Waals surface area contributed by atoms with Gasteiger partial charge < -0.3 is 30.3 Å². The van der Waals surface area contributed by atoms with E-state index in [1.165, 1.54) is 59.1 Å². The Hall–Kier alpha value is -4.82. The molecule has 3 heterocycles. The van der Waals surface area contributed by atoms with E-state index >= 15 is 0 Å². The lowest BCUT2D eigenvalue weighted by molar-refractivity contribution is -0.265. The highest BCUT2D eigenvalue weighted by molar-refractivity contribution is 6.00. The third kappa shape index (κ3) is 6.75. The SMILES string of the molecule is COc1cc(C(=O)NCC(O)(c2cc3c(c(-c4ccc(F)c(C)c4)n2)OC[C@]3(C)C(=O)NCC(C)(C)O)C(F)(F)F)cc2cc(C)cnc12. The van der Waals surface area contributed by atoms with Crippen molar-refractivity contribution in [3.05, 3.63) is 82.4 Å². The van der Waals surface area contributed by atoms with Gasteiger partial charge >= 0.3 is 6.18 Å². The van der Waals surface area contributed by atoms with Gasteiger partial charge in [-0.3, -0.25) is 14.6 Å². The van der Waals surface area contributed by atoms with Gasteiger partial charge in [0.2, 0.25) is 11.5 Å². The van der Waals surface area contributed by atoms with Crippen LogP contribution in [0.1, 0.15) is 53.5 Å². The minimum absolute atomic E-state index is 0.0288. The number of ether oxygens (including phenoxy) is 2. The van der Waals surface area contributed by atoms with Crippen molar-refractivity contribution in [2.45, 2.75) is 57.4 Å². The average Bonchev–Trinajstić information content (AvgIpc) is 3.38. The third-order valence-corrected chi connectivity index (χ3v) is 8.45. The molecule has 1 aliphatic heterocycles. The maximum absolute atomic E-state index is 15.0. The molecule has 0 radical (unpaired) electrons. The molecule has 2 amide bonds. The van der Waals surface area contributed by atoms with Crippen LogP contribution in [-0.4, -0.2) is 70.6 Å². The summed E-state index contributed by atoms with van der Waals surface area (Å²) in [5.41, 5.74) is -6.29. The lowest BCUT2D eigenvalue weighted by atomic mass is 9.81. The van der Waals surface area contributed by atoms with Gasteiger partial charge in [0, 0.05) is 34.8 Å². The molecule has 0 saturated carbocycles. The molecule has 49 heavy (non-hydrogen) atoms. The summed E-state index contributed by atoms with van der Waals surface area (Å²) in [6, 6.07) is 9.19. The van der Waals surface area contributed by atoms with Crippen LogP contribution in [0.15, 0.2) is 48.7 Å². The fourth-order valence-corrected chi connectivity index (χ4v) is 5.52. The summed E-state index contributed by atoms with van der Waals surface area (Å²) >= 11 is 0. The maximum atomic E-state index is 15.0. The van der Waals surface area contributed by atoms with Crippen LogP contribution in [0.4, 0.5) is 17.6 Å². The number of halogens is 4. The number of carbonyl (C=O) groups is 2. The Balaban J connectivity index is 1.61. The Labute approximate surface area is 279 Å². The first-order valence-electron chi connectivity index (χ1n) is 15.2. The zero-order chi connectivity index (χ0) is 36.1. The second kappa shape index (κ2) is 12.6. The van der Waals surface area contributed by atoms with Crippen molar-refractivity contribution in [1.29, 1.82) is 0 Å². The van der Waals surface area contributed by atoms with Crippen LogP contribution in [0.3, 0.4) is 0 Å². The summed E-state index contributed by atoms with van der Waals surface area (Å²) in [4.78, 5) is 35.3. The molecule has 0 bridgehead atoms. The number of alkyl halides is 3. The molecule has 14 heteroatoms. The van der Waals surface area contributed by atoms with E-state index in [9.17, 15) is 37.4 Å². The summed E-state index contributed by atoms with van der Waals surface area (Å²) in [6.45, 7) is 5.78. The summed E-state index contributed by atoms with van der Waals surface area (Å²) in [6.07, 6.45) is -3.79. The molecule has 2 aromatic heterocycles. The number of aromatic nitrogens is 2. The second-order valence-electron chi connectivity index (χ2n) is 13.1. The predicted octanol–water partition coefficient (Wildman–Crippen LogP) is 4.78. The van der Waals surface area contributed by atoms with E-state index in [1.54, 1.807) is 19.2 Å². The fourth-order valence-electron chi connectivity index (χ4n) is 5.52. The molecule has 0 spiro atoms. The van der Waals surface area contributed by atoms with E-state index < -0.39 is 52.7 Å². The lowest BCUT2D eigenvalue weighted by Crippen LogP contribution is -2.52. The number of amides is 2. The Morgan fingerprint density at radius 2 is 1.76 bits per heavy atom. The van der Waals surface area contributed by atoms with Crippen LogP contribution in [0.2, 0.25) is 0 Å². The van der Waals surface area contributed by atoms with Gasteiger partial charge in [0.1, 0.15) is 40.5 Å². The van der Waals surface area contributed by atoms with E-state index in [-0.39, 0.29) is 52.6 Å². The van der Waals surface area contributed by atoms with Crippen LogP contribution in [-0.2, 0) is 15.8 Å². The van der Waals surface area contributed by atoms with Crippen molar-refractivity contribution in [3.63, 3.8) is 0 Å². The maximum Gasteiger partial charge on any atom is 0.424 e. The number of fused-ring (bicyclic) bond motifs is 2. The van der Waals surface area contributed by atoms with Gasteiger partial charge in [0.15, 0.2) is 0 Å². The number of pyridine rings is 2. The van der Waals surface area contributed by atoms with Gasteiger partial charge in [-0.2, -0.15) is 13.2 Å². The van der Waals surface area contributed by atoms with Gasteiger partial charge in [-0.25, -0.2) is 9.37 Å². The van der Waals surface area contributed by atoms with Gasteiger partial charge in [-0.05, 0) is 88.2 Å². The summed E-state index contributed by atoms with van der Waals surface area (Å²) in [5.74, 6) is -1.99. The van der Waals surface area contributed by atoms with Crippen LogP contribution in [0.5, 0.6) is 11.5 Å². The van der Waals surface area contributed by atoms with Crippen molar-refractivity contribution >= 4 is 22.7 Å². The minimum atomic E-state index is -5.39. The standard InChI is InChI=1S/C35H36F4N4O6/c1-18-9-21-11-22(12-25(48-6)27(21)40-14-18)30(44)41-16-34(47,35(37,38)39)26-13-23-29(28(43-26)20-7-8-24(36)19(2)10-20)49-17-33(23,5)31(45)42-15-32(3,4)46/h7-14,46-47H,15-17H2,1-6H3,(H,41,44)(H,42,45)/t33-,34?/m0/s1. The first-order valence-corrected chi connectivity index (χ1v) is 15.2. The number of rotatable bonds is 9. The number of carbonyl (C=O) groups excluding carboxylic acids is 2. The number of hydrogen-bond donors (Lipinski definition) is 4. The Kier molecular flexibility index (Phi) is 9.10. The number of nitrogens with zero attached hydrogens (tertiary/aromatic N) is 2. The third-order valence-electron chi connectivity index (χ3n) is 8.45. The summed E-state index contributed by atoms with van der Waals surface area (Å²) in [5, 5.41) is 26.9. The number of hydrogen-bond acceptors (Lipinski definition) is 8. The second-order valence-corrected chi connectivity index (χ2v) is 13.1. The molecule has 2 aromatic carbocycles. The first kappa shape index (κ1) is 35.5. The predicted molar refractivity (Wildman–Crippen MR) is 172 cm³/mol. The van der Waals surface area contributed by atoms with E-state index in [2.05, 4.69) is 20.6 Å². The molecule has 4 N–H and O–H groups in total. The normalized spacial score (nSPS) is 17.2. The van der Waals surface area contributed by atoms with Crippen LogP contribution in [0.25, 0.3) is 22.2 Å². The van der Waals surface area contributed by atoms with E-state index in [0.29, 0.717) is 10.9 Å². The van der Waals surface area contributed by atoms with Crippen molar-refractivity contribution < 1.29 is 46.8 Å². The van der Waals surface area contributed by atoms with Crippen molar-refractivity contribution in [2.24, 2.45) is 0 Å². The van der Waals surface area contributed by atoms with Crippen molar-refractivity contribution in [1.82, 2.24) is 20.6 Å². The molecular weight excluding hydrogens is 648 g/mol. The highest BCUT2D eigenvalue weighted by Crippen LogP contribution is 2.48. The number of aliphatic hydroxyl groups is 2. The van der Waals surface area contributed by atoms with Gasteiger partial charge in [0.25, 0.3) is 5.91 Å². The lowest BCUT2D eigenvalue weighted by Gasteiger charge is -2.32. The quantitative estimate of drug-likeness (QED) is 0.185. The van der Waals surface area contributed by atoms with E-state index in [4.69, 9.17) is 9.47 Å². The van der Waals surface area contributed by atoms with Crippen molar-refractivity contribution in [2.75, 3.05) is 26.8 Å². The fraction of sp³-hybridized carbons (Fsp3) is 0.371. The summed E-state index contributed by atoms with van der Waals surface area (Å²) in [7, 11) is 1.36. The highest BCUT2D eigenvalue weighted by atomic mass is 19.4. The monoisotopic (exact) mass is 684 g/mol. The molecule has 0 aliphatic carbocycles. The van der Waals surface area contributed by atoms with Crippen LogP contribution < -0.4 is 20.1 Å². The molecular formula is C35H36F4N4O6. The Morgan fingerprint density at radius 3 is 2.39 bits per heavy atom. The van der Waals surface area contributed by atoms with E-state index in [1.807, 2.05) is 0 Å². The molecule has 10 nitrogen and oxygen atoms in total. The molecule has 0 saturated heterocycles. The average molecular weight is 685 g/mol. The molecule has 0 fully saturated rings. The smallest absolute Gasteiger partial charge is 0.424 e. The van der Waals surface area contributed by atoms with Gasteiger partial charge in [-0.1, -0.05) is 0 Å². The Bertz CT molecular complexity index is 1960. The highest BCUT2D eigenvalue weighted by Gasteiger charge is 2.58. The molecule has 1 aliphatic rings. The van der Waals surface area contributed by atoms with Gasteiger partial charge in [-0.15, -0.1) is 0 Å². The number of methoxy groups -OCH3 is 1. The molecule has 1 unspecified atom stereocenters. The molecule has 260 valence electrons. The zero-order valence-corrected chi connectivity index (χ0v) is 27.7. The molecule has 5 rings (SSSR count). The van der Waals surface area contributed by atoms with Crippen LogP contribution in [0, 0.1) is 19.7 Å². The summed E-state index contributed by atoms with van der Waals surface area (Å²) < 4.78 is 70.3. The molecule has 4 aromatic rings. The van der Waals surface area contributed by atoms with Crippen LogP contribution >= 0.6 is 0 Å². The van der Waals surface area contributed by atoms with E-state index in [0.717, 1.165) is 17.7 Å². The largest absolute Gasteiger partial charge is 0.494 e. The number of aryl methyl sites for hydroxylation is 2. The van der Waals surface area contributed by atoms with Crippen molar-refractivity contribution in [3.8, 4) is 22.8 Å². The number of benzene rings is 2. The first-order chi connectivity index (χ1) is 22.8. The Morgan fingerprint density at radius 1 is 1.04 bits per heavy atom. The topological polar surface area (TPSA) is 143 Å². The zero-order valence-electron chi connectivity index (χ0n) is 27.7. The minimum Gasteiger partial charge on any atom is -0.494 e.